The van der Waals surface area contributed by atoms with Crippen LogP contribution in [0.2, 0.25) is 0 Å². The summed E-state index contributed by atoms with van der Waals surface area (Å²) in [6, 6.07) is 37.2. The minimum atomic E-state index is -3.33. The van der Waals surface area contributed by atoms with Gasteiger partial charge in [0, 0.05) is 10.6 Å². The maximum Gasteiger partial charge on any atom is 0.335 e. The predicted molar refractivity (Wildman–Crippen MR) is 142 cm³/mol. The molecular formula is C30H28NO3P. The zero-order valence-electron chi connectivity index (χ0n) is 19.6. The Morgan fingerprint density at radius 1 is 0.771 bits per heavy atom. The van der Waals surface area contributed by atoms with Crippen molar-refractivity contribution < 1.29 is 14.1 Å². The summed E-state index contributed by atoms with van der Waals surface area (Å²) in [7, 11) is -3.33. The Kier molecular flexibility index (Phi) is 8.10. The number of esters is 1. The third-order valence-electron chi connectivity index (χ3n) is 5.75. The van der Waals surface area contributed by atoms with Crippen LogP contribution in [-0.2, 0) is 20.7 Å². The van der Waals surface area contributed by atoms with Crippen molar-refractivity contribution in [1.29, 1.82) is 0 Å². The molecule has 4 nitrogen and oxygen atoms in total. The molecule has 0 fully saturated rings. The van der Waals surface area contributed by atoms with Crippen molar-refractivity contribution in [1.82, 2.24) is 5.09 Å². The van der Waals surface area contributed by atoms with E-state index in [0.29, 0.717) is 16.2 Å². The van der Waals surface area contributed by atoms with Crippen molar-refractivity contribution in [2.24, 2.45) is 0 Å². The molecule has 0 bridgehead atoms. The second-order valence-electron chi connectivity index (χ2n) is 8.06. The largest absolute Gasteiger partial charge is 0.457 e. The van der Waals surface area contributed by atoms with Crippen LogP contribution < -0.4 is 15.7 Å². The molecule has 0 aliphatic rings. The third kappa shape index (κ3) is 5.86. The second kappa shape index (κ2) is 11.6. The van der Waals surface area contributed by atoms with Crippen LogP contribution in [0.5, 0.6) is 0 Å². The summed E-state index contributed by atoms with van der Waals surface area (Å²) in [5.74, 6) is -0.453. The Morgan fingerprint density at radius 2 is 1.23 bits per heavy atom. The quantitative estimate of drug-likeness (QED) is 0.183. The van der Waals surface area contributed by atoms with Crippen LogP contribution in [0.15, 0.2) is 133 Å². The van der Waals surface area contributed by atoms with Crippen LogP contribution in [-0.4, -0.2) is 5.97 Å². The number of nitrogens with one attached hydrogen (secondary N) is 1. The van der Waals surface area contributed by atoms with E-state index in [1.165, 1.54) is 0 Å². The van der Waals surface area contributed by atoms with Gasteiger partial charge in [0.1, 0.15) is 6.61 Å². The minimum Gasteiger partial charge on any atom is -0.457 e. The number of hydrogen-bond acceptors (Lipinski definition) is 3. The molecule has 0 aliphatic carbocycles. The van der Waals surface area contributed by atoms with Gasteiger partial charge in [-0.05, 0) is 42.3 Å². The van der Waals surface area contributed by atoms with Gasteiger partial charge in [0.15, 0.2) is 0 Å². The van der Waals surface area contributed by atoms with E-state index in [0.717, 1.165) is 11.1 Å². The topological polar surface area (TPSA) is 55.4 Å². The highest BCUT2D eigenvalue weighted by molar-refractivity contribution is 7.76. The molecular weight excluding hydrogens is 453 g/mol. The summed E-state index contributed by atoms with van der Waals surface area (Å²) in [5.41, 5.74) is 2.13. The van der Waals surface area contributed by atoms with E-state index < -0.39 is 19.3 Å². The van der Waals surface area contributed by atoms with E-state index in [9.17, 15) is 9.36 Å². The first-order valence-corrected chi connectivity index (χ1v) is 13.2. The molecule has 0 saturated heterocycles. The van der Waals surface area contributed by atoms with Crippen molar-refractivity contribution in [2.45, 2.75) is 19.6 Å². The zero-order chi connectivity index (χ0) is 24.5. The van der Waals surface area contributed by atoms with Gasteiger partial charge < -0.3 is 4.74 Å². The first kappa shape index (κ1) is 24.4. The average Bonchev–Trinajstić information content (AvgIpc) is 2.93. The molecule has 0 amide bonds. The molecule has 4 aromatic rings. The highest BCUT2D eigenvalue weighted by Gasteiger charge is 2.34. The molecule has 0 heterocycles. The number of rotatable bonds is 9. The van der Waals surface area contributed by atoms with Gasteiger partial charge in [0.2, 0.25) is 7.29 Å². The van der Waals surface area contributed by atoms with Crippen LogP contribution in [0.1, 0.15) is 24.1 Å². The summed E-state index contributed by atoms with van der Waals surface area (Å²) < 4.78 is 20.4. The van der Waals surface area contributed by atoms with E-state index in [1.54, 1.807) is 13.0 Å². The van der Waals surface area contributed by atoms with E-state index in [-0.39, 0.29) is 6.61 Å². The summed E-state index contributed by atoms with van der Waals surface area (Å²) >= 11 is 0. The molecule has 35 heavy (non-hydrogen) atoms. The molecule has 0 aromatic heterocycles. The number of ether oxygens (including phenoxy) is 1. The SMILES string of the molecule is C/C=C(\C(=O)OCc1ccccc1)[C@H](NP(=O)(c1ccccc1)c1ccccc1)c1ccccc1. The van der Waals surface area contributed by atoms with Gasteiger partial charge in [0.05, 0.1) is 11.6 Å². The van der Waals surface area contributed by atoms with Crippen LogP contribution in [0, 0.1) is 0 Å². The Morgan fingerprint density at radius 3 is 1.71 bits per heavy atom. The van der Waals surface area contributed by atoms with Crippen LogP contribution in [0.3, 0.4) is 0 Å². The number of carbonyl (C=O) groups is 1. The molecule has 1 N–H and O–H groups in total. The zero-order valence-corrected chi connectivity index (χ0v) is 20.5. The number of allylic oxidation sites excluding steroid dienone is 1. The van der Waals surface area contributed by atoms with Crippen LogP contribution in [0.25, 0.3) is 0 Å². The summed E-state index contributed by atoms with van der Waals surface area (Å²) in [5, 5.41) is 4.73. The average molecular weight is 482 g/mol. The standard InChI is InChI=1S/C30H28NO3P/c1-2-28(30(32)34-23-24-15-7-3-8-16-24)29(25-17-9-4-10-18-25)31-35(33,26-19-11-5-12-20-26)27-21-13-6-14-22-27/h2-22,29H,23H2,1H3,(H,31,33)/b28-2-/t29-/m1/s1. The van der Waals surface area contributed by atoms with Crippen LogP contribution >= 0.6 is 7.29 Å². The fourth-order valence-corrected chi connectivity index (χ4v) is 6.37. The van der Waals surface area contributed by atoms with Gasteiger partial charge in [-0.3, -0.25) is 4.57 Å². The lowest BCUT2D eigenvalue weighted by Gasteiger charge is -2.28. The van der Waals surface area contributed by atoms with Gasteiger partial charge in [0.25, 0.3) is 0 Å². The Hall–Kier alpha value is -3.72. The fraction of sp³-hybridized carbons (Fsp3) is 0.100. The normalized spacial score (nSPS) is 12.7. The molecule has 0 unspecified atom stereocenters. The predicted octanol–water partition coefficient (Wildman–Crippen LogP) is 5.94. The summed E-state index contributed by atoms with van der Waals surface area (Å²) in [4.78, 5) is 13.3. The Bertz CT molecular complexity index is 1260. The minimum absolute atomic E-state index is 0.160. The number of carbonyl (C=O) groups excluding carboxylic acids is 1. The molecule has 5 heteroatoms. The first-order chi connectivity index (χ1) is 17.1. The maximum absolute atomic E-state index is 14.7. The molecule has 0 radical (unpaired) electrons. The molecule has 176 valence electrons. The van der Waals surface area contributed by atoms with Crippen LogP contribution in [0.4, 0.5) is 0 Å². The van der Waals surface area contributed by atoms with E-state index >= 15 is 0 Å². The maximum atomic E-state index is 14.7. The van der Waals surface area contributed by atoms with E-state index in [1.807, 2.05) is 121 Å². The lowest BCUT2D eigenvalue weighted by Crippen LogP contribution is -2.33. The van der Waals surface area contributed by atoms with Gasteiger partial charge in [-0.25, -0.2) is 9.88 Å². The molecule has 4 rings (SSSR count). The molecule has 4 aromatic carbocycles. The first-order valence-electron chi connectivity index (χ1n) is 11.5. The molecule has 0 aliphatic heterocycles. The monoisotopic (exact) mass is 481 g/mol. The van der Waals surface area contributed by atoms with E-state index in [2.05, 4.69) is 5.09 Å². The second-order valence-corrected chi connectivity index (χ2v) is 10.6. The Balaban J connectivity index is 1.73. The fourth-order valence-electron chi connectivity index (χ4n) is 3.93. The van der Waals surface area contributed by atoms with Gasteiger partial charge in [-0.15, -0.1) is 0 Å². The Labute approximate surface area is 206 Å². The molecule has 1 atom stereocenters. The third-order valence-corrected chi connectivity index (χ3v) is 8.43. The van der Waals surface area contributed by atoms with Crippen molar-refractivity contribution in [3.63, 3.8) is 0 Å². The molecule has 0 saturated carbocycles. The van der Waals surface area contributed by atoms with Crippen molar-refractivity contribution in [3.8, 4) is 0 Å². The van der Waals surface area contributed by atoms with Gasteiger partial charge >= 0.3 is 5.97 Å². The van der Waals surface area contributed by atoms with Gasteiger partial charge in [-0.2, -0.15) is 0 Å². The lowest BCUT2D eigenvalue weighted by molar-refractivity contribution is -0.140. The highest BCUT2D eigenvalue weighted by Crippen LogP contribution is 2.43. The van der Waals surface area contributed by atoms with Crippen molar-refractivity contribution >= 4 is 23.9 Å². The molecule has 0 spiro atoms. The summed E-state index contributed by atoms with van der Waals surface area (Å²) in [6.07, 6.45) is 1.73. The highest BCUT2D eigenvalue weighted by atomic mass is 31.2. The van der Waals surface area contributed by atoms with Crippen molar-refractivity contribution in [3.05, 3.63) is 144 Å². The lowest BCUT2D eigenvalue weighted by atomic mass is 9.99. The van der Waals surface area contributed by atoms with Gasteiger partial charge in [-0.1, -0.05) is 103 Å². The number of benzene rings is 4. The summed E-state index contributed by atoms with van der Waals surface area (Å²) in [6.45, 7) is 1.96. The number of hydrogen-bond donors (Lipinski definition) is 1. The van der Waals surface area contributed by atoms with Crippen molar-refractivity contribution in [2.75, 3.05) is 0 Å². The smallest absolute Gasteiger partial charge is 0.335 e. The van der Waals surface area contributed by atoms with E-state index in [4.69, 9.17) is 4.74 Å².